The maximum absolute atomic E-state index is 12.6. The Morgan fingerprint density at radius 2 is 1.96 bits per heavy atom. The maximum Gasteiger partial charge on any atom is 0.371 e. The van der Waals surface area contributed by atoms with Crippen molar-refractivity contribution in [3.63, 3.8) is 0 Å². The van der Waals surface area contributed by atoms with Crippen molar-refractivity contribution in [1.29, 1.82) is 0 Å². The van der Waals surface area contributed by atoms with Gasteiger partial charge in [0.1, 0.15) is 0 Å². The fraction of sp³-hybridized carbons (Fsp3) is 0.667. The van der Waals surface area contributed by atoms with Crippen LogP contribution in [-0.2, 0) is 14.8 Å². The van der Waals surface area contributed by atoms with Crippen molar-refractivity contribution in [3.05, 3.63) is 17.9 Å². The second kappa shape index (κ2) is 7.63. The molecule has 2 N–H and O–H groups in total. The van der Waals surface area contributed by atoms with Crippen LogP contribution in [0.25, 0.3) is 0 Å². The van der Waals surface area contributed by atoms with Crippen LogP contribution in [0.5, 0.6) is 0 Å². The first-order valence-corrected chi connectivity index (χ1v) is 10.8. The third kappa shape index (κ3) is 4.35. The van der Waals surface area contributed by atoms with Crippen molar-refractivity contribution in [1.82, 2.24) is 9.62 Å². The summed E-state index contributed by atoms with van der Waals surface area (Å²) >= 11 is 0. The number of carbonyl (C=O) groups is 2. The van der Waals surface area contributed by atoms with E-state index in [9.17, 15) is 18.0 Å². The molecule has 1 aliphatic carbocycles. The molecule has 150 valence electrons. The predicted molar refractivity (Wildman–Crippen MR) is 96.7 cm³/mol. The van der Waals surface area contributed by atoms with Crippen LogP contribution < -0.4 is 5.32 Å². The summed E-state index contributed by atoms with van der Waals surface area (Å²) in [5.41, 5.74) is 0.287. The molecule has 0 bridgehead atoms. The van der Waals surface area contributed by atoms with Gasteiger partial charge in [0.15, 0.2) is 0 Å². The van der Waals surface area contributed by atoms with Gasteiger partial charge in [-0.1, -0.05) is 13.3 Å². The monoisotopic (exact) mass is 398 g/mol. The number of aromatic carboxylic acids is 1. The number of sulfonamides is 1. The highest BCUT2D eigenvalue weighted by Gasteiger charge is 2.42. The smallest absolute Gasteiger partial charge is 0.371 e. The number of hydrogen-bond donors (Lipinski definition) is 2. The van der Waals surface area contributed by atoms with Gasteiger partial charge in [-0.2, -0.15) is 4.31 Å². The van der Waals surface area contributed by atoms with Crippen molar-refractivity contribution in [2.24, 2.45) is 11.3 Å². The number of piperidine rings is 1. The summed E-state index contributed by atoms with van der Waals surface area (Å²) in [6, 6.07) is 2.28. The Kier molecular flexibility index (Phi) is 5.62. The average molecular weight is 398 g/mol. The standard InChI is InChI=1S/C18H26N2O6S/c1-2-7-18(8-9-18)12-19-16(21)13-5-10-20(11-6-13)27(24,25)15-4-3-14(26-15)17(22)23/h3-4,13H,2,5-12H2,1H3,(H,19,21)(H,22,23). The summed E-state index contributed by atoms with van der Waals surface area (Å²) in [6.07, 6.45) is 5.46. The first-order chi connectivity index (χ1) is 12.8. The summed E-state index contributed by atoms with van der Waals surface area (Å²) in [5.74, 6) is -1.92. The molecule has 1 aromatic rings. The van der Waals surface area contributed by atoms with Crippen molar-refractivity contribution < 1.29 is 27.5 Å². The van der Waals surface area contributed by atoms with Crippen LogP contribution in [-0.4, -0.2) is 49.3 Å². The van der Waals surface area contributed by atoms with E-state index in [1.54, 1.807) is 0 Å². The molecular weight excluding hydrogens is 372 g/mol. The highest BCUT2D eigenvalue weighted by Crippen LogP contribution is 2.49. The van der Waals surface area contributed by atoms with E-state index in [4.69, 9.17) is 9.52 Å². The van der Waals surface area contributed by atoms with E-state index < -0.39 is 21.8 Å². The predicted octanol–water partition coefficient (Wildman–Crippen LogP) is 2.07. The molecule has 0 radical (unpaired) electrons. The Bertz CT molecular complexity index is 804. The number of nitrogens with zero attached hydrogens (tertiary/aromatic N) is 1. The van der Waals surface area contributed by atoms with E-state index in [0.29, 0.717) is 19.4 Å². The lowest BCUT2D eigenvalue weighted by Crippen LogP contribution is -2.43. The fourth-order valence-corrected chi connectivity index (χ4v) is 5.08. The van der Waals surface area contributed by atoms with Crippen LogP contribution in [0.15, 0.2) is 21.6 Å². The Hall–Kier alpha value is -1.87. The second-order valence-corrected chi connectivity index (χ2v) is 9.44. The van der Waals surface area contributed by atoms with Crippen LogP contribution in [0.4, 0.5) is 0 Å². The highest BCUT2D eigenvalue weighted by atomic mass is 32.2. The first-order valence-electron chi connectivity index (χ1n) is 9.38. The highest BCUT2D eigenvalue weighted by molar-refractivity contribution is 7.89. The average Bonchev–Trinajstić information content (AvgIpc) is 3.21. The number of hydrogen-bond acceptors (Lipinski definition) is 5. The lowest BCUT2D eigenvalue weighted by molar-refractivity contribution is -0.126. The lowest BCUT2D eigenvalue weighted by Gasteiger charge is -2.30. The van der Waals surface area contributed by atoms with Crippen LogP contribution in [0.2, 0.25) is 0 Å². The number of carbonyl (C=O) groups excluding carboxylic acids is 1. The van der Waals surface area contributed by atoms with Gasteiger partial charge in [-0.05, 0) is 49.7 Å². The van der Waals surface area contributed by atoms with E-state index in [-0.39, 0.29) is 35.4 Å². The zero-order chi connectivity index (χ0) is 19.7. The number of rotatable bonds is 8. The molecule has 8 nitrogen and oxygen atoms in total. The minimum Gasteiger partial charge on any atom is -0.475 e. The molecule has 1 aromatic heterocycles. The number of nitrogens with one attached hydrogen (secondary N) is 1. The van der Waals surface area contributed by atoms with Crippen molar-refractivity contribution in [2.75, 3.05) is 19.6 Å². The van der Waals surface area contributed by atoms with E-state index in [2.05, 4.69) is 12.2 Å². The minimum atomic E-state index is -3.89. The van der Waals surface area contributed by atoms with Crippen molar-refractivity contribution in [2.45, 2.75) is 50.5 Å². The van der Waals surface area contributed by atoms with Crippen LogP contribution >= 0.6 is 0 Å². The number of furan rings is 1. The van der Waals surface area contributed by atoms with Gasteiger partial charge in [0.25, 0.3) is 10.0 Å². The molecular formula is C18H26N2O6S. The SMILES string of the molecule is CCCC1(CNC(=O)C2CCN(S(=O)(=O)c3ccc(C(=O)O)o3)CC2)CC1. The number of carboxylic acid groups (broad SMARTS) is 1. The Morgan fingerprint density at radius 1 is 1.30 bits per heavy atom. The molecule has 0 spiro atoms. The summed E-state index contributed by atoms with van der Waals surface area (Å²) in [6.45, 7) is 3.28. The van der Waals surface area contributed by atoms with Gasteiger partial charge in [0, 0.05) is 25.6 Å². The third-order valence-corrected chi connectivity index (χ3v) is 7.36. The van der Waals surface area contributed by atoms with Gasteiger partial charge < -0.3 is 14.8 Å². The molecule has 27 heavy (non-hydrogen) atoms. The van der Waals surface area contributed by atoms with E-state index in [0.717, 1.165) is 25.0 Å². The van der Waals surface area contributed by atoms with Crippen LogP contribution in [0.1, 0.15) is 56.0 Å². The van der Waals surface area contributed by atoms with Gasteiger partial charge >= 0.3 is 5.97 Å². The van der Waals surface area contributed by atoms with Gasteiger partial charge in [-0.3, -0.25) is 4.79 Å². The number of amides is 1. The zero-order valence-corrected chi connectivity index (χ0v) is 16.3. The maximum atomic E-state index is 12.6. The normalized spacial score (nSPS) is 20.3. The Labute approximate surface area is 159 Å². The molecule has 1 saturated heterocycles. The van der Waals surface area contributed by atoms with E-state index in [1.165, 1.54) is 17.1 Å². The zero-order valence-electron chi connectivity index (χ0n) is 15.4. The van der Waals surface area contributed by atoms with Gasteiger partial charge in [-0.25, -0.2) is 13.2 Å². The topological polar surface area (TPSA) is 117 Å². The molecule has 2 fully saturated rings. The molecule has 9 heteroatoms. The van der Waals surface area contributed by atoms with Crippen molar-refractivity contribution >= 4 is 21.9 Å². The Morgan fingerprint density at radius 3 is 2.48 bits per heavy atom. The van der Waals surface area contributed by atoms with Gasteiger partial charge in [-0.15, -0.1) is 0 Å². The number of carboxylic acids is 1. The second-order valence-electron chi connectivity index (χ2n) is 7.57. The molecule has 2 heterocycles. The molecule has 1 amide bonds. The molecule has 0 aromatic carbocycles. The van der Waals surface area contributed by atoms with Gasteiger partial charge in [0.05, 0.1) is 0 Å². The molecule has 2 aliphatic rings. The first kappa shape index (κ1) is 19.9. The molecule has 3 rings (SSSR count). The van der Waals surface area contributed by atoms with E-state index >= 15 is 0 Å². The molecule has 1 aliphatic heterocycles. The lowest BCUT2D eigenvalue weighted by atomic mass is 9.96. The molecule has 0 unspecified atom stereocenters. The third-order valence-electron chi connectivity index (χ3n) is 5.59. The van der Waals surface area contributed by atoms with Crippen LogP contribution in [0, 0.1) is 11.3 Å². The molecule has 1 saturated carbocycles. The summed E-state index contributed by atoms with van der Waals surface area (Å²) in [7, 11) is -3.89. The molecule has 0 atom stereocenters. The summed E-state index contributed by atoms with van der Waals surface area (Å²) in [5, 5.41) is 11.5. The fourth-order valence-electron chi connectivity index (χ4n) is 3.70. The largest absolute Gasteiger partial charge is 0.475 e. The van der Waals surface area contributed by atoms with Crippen molar-refractivity contribution in [3.8, 4) is 0 Å². The minimum absolute atomic E-state index is 0.000545. The van der Waals surface area contributed by atoms with Crippen LogP contribution in [0.3, 0.4) is 0 Å². The van der Waals surface area contributed by atoms with Gasteiger partial charge in [0.2, 0.25) is 16.8 Å². The quantitative estimate of drug-likeness (QED) is 0.692. The summed E-state index contributed by atoms with van der Waals surface area (Å²) < 4.78 is 31.3. The summed E-state index contributed by atoms with van der Waals surface area (Å²) in [4.78, 5) is 23.3. The van der Waals surface area contributed by atoms with E-state index in [1.807, 2.05) is 0 Å². The Balaban J connectivity index is 1.53.